The number of rotatable bonds is 5. The van der Waals surface area contributed by atoms with E-state index in [0.29, 0.717) is 17.0 Å². The van der Waals surface area contributed by atoms with E-state index >= 15 is 0 Å². The third kappa shape index (κ3) is 3.84. The number of anilines is 2. The number of aliphatic hydroxyl groups excluding tert-OH is 1. The zero-order valence-electron chi connectivity index (χ0n) is 19.1. The number of Topliss-reactive ketones (excluding diaryl/α,β-unsaturated/α-hetero) is 1. The molecule has 1 unspecified atom stereocenters. The summed E-state index contributed by atoms with van der Waals surface area (Å²) in [5.41, 5.74) is 3.62. The Kier molecular flexibility index (Phi) is 5.92. The van der Waals surface area contributed by atoms with Gasteiger partial charge in [-0.15, -0.1) is 0 Å². The molecule has 1 aliphatic rings. The van der Waals surface area contributed by atoms with Crippen LogP contribution in [0.5, 0.6) is 5.75 Å². The zero-order valence-corrected chi connectivity index (χ0v) is 19.1. The number of para-hydroxylation sites is 1. The molecule has 1 amide bonds. The van der Waals surface area contributed by atoms with E-state index in [1.807, 2.05) is 74.4 Å². The Morgan fingerprint density at radius 3 is 2.21 bits per heavy atom. The van der Waals surface area contributed by atoms with Crippen molar-refractivity contribution in [2.75, 3.05) is 31.0 Å². The van der Waals surface area contributed by atoms with Crippen molar-refractivity contribution in [2.24, 2.45) is 0 Å². The van der Waals surface area contributed by atoms with Crippen LogP contribution < -0.4 is 14.5 Å². The van der Waals surface area contributed by atoms with Crippen LogP contribution in [0.15, 0.2) is 78.4 Å². The fraction of sp³-hybridized carbons (Fsp3) is 0.185. The number of ketones is 1. The summed E-state index contributed by atoms with van der Waals surface area (Å²) in [5, 5.41) is 11.3. The minimum absolute atomic E-state index is 0.0375. The molecule has 33 heavy (non-hydrogen) atoms. The highest BCUT2D eigenvalue weighted by Gasteiger charge is 2.47. The fourth-order valence-electron chi connectivity index (χ4n) is 4.18. The summed E-state index contributed by atoms with van der Waals surface area (Å²) in [6, 6.07) is 21.1. The molecule has 0 spiro atoms. The van der Waals surface area contributed by atoms with E-state index < -0.39 is 17.7 Å². The topological polar surface area (TPSA) is 70.1 Å². The molecule has 3 aromatic rings. The van der Waals surface area contributed by atoms with E-state index in [9.17, 15) is 14.7 Å². The van der Waals surface area contributed by atoms with Gasteiger partial charge >= 0.3 is 0 Å². The number of hydrogen-bond acceptors (Lipinski definition) is 5. The highest BCUT2D eigenvalue weighted by Crippen LogP contribution is 2.44. The van der Waals surface area contributed by atoms with Gasteiger partial charge in [0.05, 0.1) is 24.3 Å². The normalized spacial score (nSPS) is 17.3. The van der Waals surface area contributed by atoms with Crippen molar-refractivity contribution >= 4 is 28.8 Å². The molecule has 0 saturated carbocycles. The highest BCUT2D eigenvalue weighted by molar-refractivity contribution is 6.51. The Morgan fingerprint density at radius 1 is 0.939 bits per heavy atom. The van der Waals surface area contributed by atoms with E-state index in [0.717, 1.165) is 16.8 Å². The lowest BCUT2D eigenvalue weighted by atomic mass is 9.92. The Bertz CT molecular complexity index is 1240. The first-order chi connectivity index (χ1) is 15.8. The molecule has 1 aliphatic heterocycles. The Labute approximate surface area is 193 Å². The second-order valence-corrected chi connectivity index (χ2v) is 8.14. The van der Waals surface area contributed by atoms with Crippen LogP contribution in [0.2, 0.25) is 0 Å². The quantitative estimate of drug-likeness (QED) is 0.353. The van der Waals surface area contributed by atoms with Crippen LogP contribution in [0.25, 0.3) is 5.76 Å². The lowest BCUT2D eigenvalue weighted by Gasteiger charge is -2.27. The van der Waals surface area contributed by atoms with Gasteiger partial charge in [0, 0.05) is 25.5 Å². The first-order valence-corrected chi connectivity index (χ1v) is 10.6. The van der Waals surface area contributed by atoms with Crippen LogP contribution in [-0.4, -0.2) is 38.0 Å². The first-order valence-electron chi connectivity index (χ1n) is 10.6. The molecule has 0 radical (unpaired) electrons. The standard InChI is InChI=1S/C27H26N2O4/c1-17-9-5-6-10-20(17)24-23(25(30)21-11-7-8-12-22(21)33-4)26(31)27(32)29(24)19-15-13-18(14-16-19)28(2)3/h5-16,24,30H,1-4H3/b25-23+. The first kappa shape index (κ1) is 22.1. The number of carbonyl (C=O) groups excluding carboxylic acids is 2. The number of nitrogens with zero attached hydrogens (tertiary/aromatic N) is 2. The predicted molar refractivity (Wildman–Crippen MR) is 130 cm³/mol. The molecule has 1 N–H and O–H groups in total. The number of ether oxygens (including phenoxy) is 1. The van der Waals surface area contributed by atoms with Crippen molar-refractivity contribution in [1.29, 1.82) is 0 Å². The SMILES string of the molecule is COc1ccccc1/C(O)=C1\C(=O)C(=O)N(c2ccc(N(C)C)cc2)C1c1ccccc1C. The third-order valence-corrected chi connectivity index (χ3v) is 5.93. The number of methoxy groups -OCH3 is 1. The summed E-state index contributed by atoms with van der Waals surface area (Å²) in [5.74, 6) is -1.26. The van der Waals surface area contributed by atoms with Gasteiger partial charge in [0.25, 0.3) is 11.7 Å². The summed E-state index contributed by atoms with van der Waals surface area (Å²) in [6.07, 6.45) is 0. The molecular formula is C27H26N2O4. The second kappa shape index (κ2) is 8.82. The van der Waals surface area contributed by atoms with Crippen molar-refractivity contribution in [1.82, 2.24) is 0 Å². The van der Waals surface area contributed by atoms with Crippen molar-refractivity contribution in [3.63, 3.8) is 0 Å². The van der Waals surface area contributed by atoms with Gasteiger partial charge in [0.15, 0.2) is 0 Å². The van der Waals surface area contributed by atoms with Gasteiger partial charge in [-0.3, -0.25) is 14.5 Å². The maximum absolute atomic E-state index is 13.3. The van der Waals surface area contributed by atoms with Crippen LogP contribution in [-0.2, 0) is 9.59 Å². The second-order valence-electron chi connectivity index (χ2n) is 8.14. The van der Waals surface area contributed by atoms with Crippen LogP contribution >= 0.6 is 0 Å². The van der Waals surface area contributed by atoms with Gasteiger partial charge in [-0.05, 0) is 54.4 Å². The molecule has 1 heterocycles. The molecule has 4 rings (SSSR count). The van der Waals surface area contributed by atoms with Gasteiger partial charge in [-0.1, -0.05) is 36.4 Å². The number of aliphatic hydroxyl groups is 1. The van der Waals surface area contributed by atoms with Crippen LogP contribution in [0.4, 0.5) is 11.4 Å². The van der Waals surface area contributed by atoms with Gasteiger partial charge in [0.2, 0.25) is 0 Å². The van der Waals surface area contributed by atoms with E-state index in [1.165, 1.54) is 12.0 Å². The van der Waals surface area contributed by atoms with E-state index in [-0.39, 0.29) is 11.3 Å². The van der Waals surface area contributed by atoms with Crippen molar-refractivity contribution < 1.29 is 19.4 Å². The average molecular weight is 443 g/mol. The van der Waals surface area contributed by atoms with E-state index in [2.05, 4.69) is 0 Å². The van der Waals surface area contributed by atoms with Crippen LogP contribution in [0, 0.1) is 6.92 Å². The minimum Gasteiger partial charge on any atom is -0.507 e. The van der Waals surface area contributed by atoms with Gasteiger partial charge in [-0.25, -0.2) is 0 Å². The van der Waals surface area contributed by atoms with Crippen molar-refractivity contribution in [3.05, 3.63) is 95.1 Å². The summed E-state index contributed by atoms with van der Waals surface area (Å²) < 4.78 is 5.39. The maximum Gasteiger partial charge on any atom is 0.300 e. The van der Waals surface area contributed by atoms with Crippen LogP contribution in [0.3, 0.4) is 0 Å². The number of benzene rings is 3. The third-order valence-electron chi connectivity index (χ3n) is 5.93. The lowest BCUT2D eigenvalue weighted by Crippen LogP contribution is -2.29. The molecule has 0 bridgehead atoms. The summed E-state index contributed by atoms with van der Waals surface area (Å²) in [6.45, 7) is 1.92. The summed E-state index contributed by atoms with van der Waals surface area (Å²) in [4.78, 5) is 30.0. The Balaban J connectivity index is 1.96. The smallest absolute Gasteiger partial charge is 0.300 e. The molecule has 1 saturated heterocycles. The van der Waals surface area contributed by atoms with Crippen molar-refractivity contribution in [3.8, 4) is 5.75 Å². The van der Waals surface area contributed by atoms with E-state index in [4.69, 9.17) is 4.74 Å². The van der Waals surface area contributed by atoms with Crippen LogP contribution in [0.1, 0.15) is 22.7 Å². The molecule has 0 aromatic heterocycles. The molecule has 168 valence electrons. The minimum atomic E-state index is -0.777. The summed E-state index contributed by atoms with van der Waals surface area (Å²) >= 11 is 0. The Hall–Kier alpha value is -4.06. The van der Waals surface area contributed by atoms with Crippen molar-refractivity contribution in [2.45, 2.75) is 13.0 Å². The fourth-order valence-corrected chi connectivity index (χ4v) is 4.18. The molecule has 6 heteroatoms. The number of aryl methyl sites for hydroxylation is 1. The molecule has 1 atom stereocenters. The summed E-state index contributed by atoms with van der Waals surface area (Å²) in [7, 11) is 5.36. The lowest BCUT2D eigenvalue weighted by molar-refractivity contribution is -0.132. The number of amides is 1. The molecule has 6 nitrogen and oxygen atoms in total. The highest BCUT2D eigenvalue weighted by atomic mass is 16.5. The molecular weight excluding hydrogens is 416 g/mol. The zero-order chi connectivity index (χ0) is 23.7. The molecule has 0 aliphatic carbocycles. The van der Waals surface area contributed by atoms with E-state index in [1.54, 1.807) is 24.3 Å². The predicted octanol–water partition coefficient (Wildman–Crippen LogP) is 4.70. The number of hydrogen-bond donors (Lipinski definition) is 1. The molecule has 1 fully saturated rings. The monoisotopic (exact) mass is 442 g/mol. The van der Waals surface area contributed by atoms with Gasteiger partial charge in [-0.2, -0.15) is 0 Å². The Morgan fingerprint density at radius 2 is 1.58 bits per heavy atom. The molecule has 3 aromatic carbocycles. The number of carbonyl (C=O) groups is 2. The van der Waals surface area contributed by atoms with Gasteiger partial charge in [0.1, 0.15) is 11.5 Å². The van der Waals surface area contributed by atoms with Gasteiger partial charge < -0.3 is 14.7 Å². The largest absolute Gasteiger partial charge is 0.507 e. The maximum atomic E-state index is 13.3. The average Bonchev–Trinajstić information content (AvgIpc) is 3.09.